The Morgan fingerprint density at radius 3 is 1.86 bits per heavy atom. The standard InChI is InChI=1S/C29H25FN2O4S/c30-25-13-7-8-14-26(25)31-17-19-32(20-18-31)37(33,34)24-15-16-27-28(21-24)36-29(35-27,22-9-3-1-4-10-22)23-11-5-2-6-12-23/h1-16,21H,17-20H2. The van der Waals surface area contributed by atoms with E-state index in [1.54, 1.807) is 30.3 Å². The first-order chi connectivity index (χ1) is 18.0. The third-order valence-electron chi connectivity index (χ3n) is 6.80. The summed E-state index contributed by atoms with van der Waals surface area (Å²) in [4.78, 5) is 2.00. The molecule has 2 heterocycles. The summed E-state index contributed by atoms with van der Waals surface area (Å²) in [5.74, 6) is -0.705. The lowest BCUT2D eigenvalue weighted by Gasteiger charge is -2.35. The molecule has 0 atom stereocenters. The molecule has 2 aliphatic heterocycles. The number of ether oxygens (including phenoxy) is 2. The maximum Gasteiger partial charge on any atom is 0.305 e. The number of nitrogens with zero attached hydrogens (tertiary/aromatic N) is 2. The van der Waals surface area contributed by atoms with Crippen molar-refractivity contribution in [3.63, 3.8) is 0 Å². The third kappa shape index (κ3) is 4.12. The molecule has 0 aliphatic carbocycles. The molecule has 0 unspecified atom stereocenters. The fourth-order valence-electron chi connectivity index (χ4n) is 4.89. The molecule has 1 fully saturated rings. The van der Waals surface area contributed by atoms with Crippen molar-refractivity contribution in [2.45, 2.75) is 10.7 Å². The number of hydrogen-bond acceptors (Lipinski definition) is 5. The van der Waals surface area contributed by atoms with Gasteiger partial charge in [0.2, 0.25) is 10.0 Å². The first-order valence-corrected chi connectivity index (χ1v) is 13.5. The molecule has 6 rings (SSSR count). The Morgan fingerprint density at radius 1 is 0.676 bits per heavy atom. The predicted octanol–water partition coefficient (Wildman–Crippen LogP) is 5.01. The number of anilines is 1. The van der Waals surface area contributed by atoms with Gasteiger partial charge in [0, 0.05) is 43.4 Å². The first kappa shape index (κ1) is 23.5. The molecule has 0 aromatic heterocycles. The zero-order chi connectivity index (χ0) is 25.5. The van der Waals surface area contributed by atoms with Crippen LogP contribution in [0.15, 0.2) is 108 Å². The normalized spacial score (nSPS) is 17.1. The minimum atomic E-state index is -3.79. The van der Waals surface area contributed by atoms with E-state index in [0.717, 1.165) is 11.1 Å². The van der Waals surface area contributed by atoms with Crippen molar-refractivity contribution in [1.29, 1.82) is 0 Å². The van der Waals surface area contributed by atoms with Gasteiger partial charge < -0.3 is 14.4 Å². The molecule has 188 valence electrons. The lowest BCUT2D eigenvalue weighted by atomic mass is 9.97. The molecule has 0 saturated carbocycles. The molecule has 0 amide bonds. The molecule has 0 spiro atoms. The summed E-state index contributed by atoms with van der Waals surface area (Å²) in [6.07, 6.45) is 0. The largest absolute Gasteiger partial charge is 0.440 e. The molecule has 2 aliphatic rings. The number of rotatable bonds is 5. The van der Waals surface area contributed by atoms with Crippen molar-refractivity contribution in [3.8, 4) is 11.5 Å². The Labute approximate surface area is 215 Å². The molecular formula is C29H25FN2O4S. The van der Waals surface area contributed by atoms with Gasteiger partial charge in [0.15, 0.2) is 11.5 Å². The van der Waals surface area contributed by atoms with Gasteiger partial charge in [-0.05, 0) is 24.3 Å². The van der Waals surface area contributed by atoms with E-state index in [4.69, 9.17) is 9.47 Å². The Balaban J connectivity index is 1.27. The van der Waals surface area contributed by atoms with Crippen molar-refractivity contribution < 1.29 is 22.3 Å². The Bertz CT molecular complexity index is 1480. The van der Waals surface area contributed by atoms with E-state index in [-0.39, 0.29) is 23.8 Å². The molecule has 37 heavy (non-hydrogen) atoms. The Morgan fingerprint density at radius 2 is 1.24 bits per heavy atom. The maximum absolute atomic E-state index is 14.2. The second kappa shape index (κ2) is 9.21. The predicted molar refractivity (Wildman–Crippen MR) is 139 cm³/mol. The summed E-state index contributed by atoms with van der Waals surface area (Å²) in [5, 5.41) is 0. The van der Waals surface area contributed by atoms with E-state index in [2.05, 4.69) is 0 Å². The number of piperazine rings is 1. The van der Waals surface area contributed by atoms with E-state index in [1.807, 2.05) is 65.6 Å². The lowest BCUT2D eigenvalue weighted by molar-refractivity contribution is -0.0459. The SMILES string of the molecule is O=S(=O)(c1ccc2c(c1)OC(c1ccccc1)(c1ccccc1)O2)N1CCN(c2ccccc2F)CC1. The molecule has 4 aromatic carbocycles. The average molecular weight is 517 g/mol. The van der Waals surface area contributed by atoms with Crippen molar-refractivity contribution in [3.05, 3.63) is 120 Å². The van der Waals surface area contributed by atoms with Crippen molar-refractivity contribution in [2.24, 2.45) is 0 Å². The molecule has 0 radical (unpaired) electrons. The summed E-state index contributed by atoms with van der Waals surface area (Å²) in [7, 11) is -3.79. The summed E-state index contributed by atoms with van der Waals surface area (Å²) >= 11 is 0. The summed E-state index contributed by atoms with van der Waals surface area (Å²) in [5.41, 5.74) is 2.08. The second-order valence-electron chi connectivity index (χ2n) is 9.00. The second-order valence-corrected chi connectivity index (χ2v) is 10.9. The minimum absolute atomic E-state index is 0.131. The number of hydrogen-bond donors (Lipinski definition) is 0. The van der Waals surface area contributed by atoms with E-state index in [9.17, 15) is 12.8 Å². The number of sulfonamides is 1. The van der Waals surface area contributed by atoms with Gasteiger partial charge in [-0.2, -0.15) is 4.31 Å². The highest BCUT2D eigenvalue weighted by Gasteiger charge is 2.46. The van der Waals surface area contributed by atoms with Gasteiger partial charge >= 0.3 is 5.79 Å². The van der Waals surface area contributed by atoms with Gasteiger partial charge in [-0.1, -0.05) is 72.8 Å². The Kier molecular flexibility index (Phi) is 5.85. The van der Waals surface area contributed by atoms with Crippen LogP contribution in [-0.2, 0) is 15.8 Å². The van der Waals surface area contributed by atoms with Gasteiger partial charge in [0.1, 0.15) is 5.82 Å². The molecule has 6 nitrogen and oxygen atoms in total. The van der Waals surface area contributed by atoms with Crippen LogP contribution in [0.25, 0.3) is 0 Å². The summed E-state index contributed by atoms with van der Waals surface area (Å²) in [6.45, 7) is 1.30. The van der Waals surface area contributed by atoms with Crippen LogP contribution < -0.4 is 14.4 Å². The molecular weight excluding hydrogens is 491 g/mol. The van der Waals surface area contributed by atoms with Crippen LogP contribution in [-0.4, -0.2) is 38.9 Å². The summed E-state index contributed by atoms with van der Waals surface area (Å²) < 4.78 is 55.5. The fourth-order valence-corrected chi connectivity index (χ4v) is 6.33. The van der Waals surface area contributed by atoms with Crippen LogP contribution in [0.4, 0.5) is 10.1 Å². The highest BCUT2D eigenvalue weighted by atomic mass is 32.2. The van der Waals surface area contributed by atoms with Gasteiger partial charge in [-0.15, -0.1) is 0 Å². The van der Waals surface area contributed by atoms with Gasteiger partial charge in [-0.25, -0.2) is 12.8 Å². The van der Waals surface area contributed by atoms with Gasteiger partial charge in [0.05, 0.1) is 10.6 Å². The zero-order valence-corrected chi connectivity index (χ0v) is 20.8. The van der Waals surface area contributed by atoms with Crippen LogP contribution in [0.2, 0.25) is 0 Å². The quantitative estimate of drug-likeness (QED) is 0.373. The van der Waals surface area contributed by atoms with Gasteiger partial charge in [-0.3, -0.25) is 0 Å². The monoisotopic (exact) mass is 516 g/mol. The number of halogens is 1. The van der Waals surface area contributed by atoms with Crippen molar-refractivity contribution in [2.75, 3.05) is 31.1 Å². The first-order valence-electron chi connectivity index (χ1n) is 12.1. The smallest absolute Gasteiger partial charge is 0.305 e. The highest BCUT2D eigenvalue weighted by Crippen LogP contribution is 2.48. The van der Waals surface area contributed by atoms with E-state index in [0.29, 0.717) is 30.3 Å². The van der Waals surface area contributed by atoms with E-state index in [1.165, 1.54) is 16.4 Å². The van der Waals surface area contributed by atoms with Crippen LogP contribution >= 0.6 is 0 Å². The van der Waals surface area contributed by atoms with Gasteiger partial charge in [0.25, 0.3) is 0 Å². The highest BCUT2D eigenvalue weighted by molar-refractivity contribution is 7.89. The molecule has 0 bridgehead atoms. The molecule has 0 N–H and O–H groups in total. The van der Waals surface area contributed by atoms with E-state index >= 15 is 0 Å². The molecule has 1 saturated heterocycles. The third-order valence-corrected chi connectivity index (χ3v) is 8.69. The van der Waals surface area contributed by atoms with Crippen LogP contribution in [0, 0.1) is 5.82 Å². The Hall–Kier alpha value is -3.88. The van der Waals surface area contributed by atoms with Crippen molar-refractivity contribution >= 4 is 15.7 Å². The lowest BCUT2D eigenvalue weighted by Crippen LogP contribution is -2.48. The number of fused-ring (bicyclic) bond motifs is 1. The van der Waals surface area contributed by atoms with Crippen LogP contribution in [0.3, 0.4) is 0 Å². The van der Waals surface area contributed by atoms with Crippen molar-refractivity contribution in [1.82, 2.24) is 4.31 Å². The number of para-hydroxylation sites is 1. The summed E-state index contributed by atoms with van der Waals surface area (Å²) in [6, 6.07) is 30.4. The zero-order valence-electron chi connectivity index (χ0n) is 20.0. The molecule has 8 heteroatoms. The average Bonchev–Trinajstić information content (AvgIpc) is 3.35. The minimum Gasteiger partial charge on any atom is -0.440 e. The topological polar surface area (TPSA) is 59.1 Å². The van der Waals surface area contributed by atoms with Crippen LogP contribution in [0.1, 0.15) is 11.1 Å². The fraction of sp³-hybridized carbons (Fsp3) is 0.172. The maximum atomic E-state index is 14.2. The van der Waals surface area contributed by atoms with E-state index < -0.39 is 15.8 Å². The van der Waals surface area contributed by atoms with Crippen LogP contribution in [0.5, 0.6) is 11.5 Å². The molecule has 4 aromatic rings. The number of benzene rings is 4.